The average molecular weight is 307 g/mol. The Labute approximate surface area is 136 Å². The Morgan fingerprint density at radius 1 is 1.26 bits per heavy atom. The molecule has 1 N–H and O–H groups in total. The first-order valence-electron chi connectivity index (χ1n) is 8.22. The van der Waals surface area contributed by atoms with Gasteiger partial charge in [-0.1, -0.05) is 18.2 Å². The first-order valence-corrected chi connectivity index (χ1v) is 8.22. The van der Waals surface area contributed by atoms with Gasteiger partial charge in [-0.05, 0) is 55.0 Å². The van der Waals surface area contributed by atoms with Crippen molar-refractivity contribution in [1.82, 2.24) is 4.98 Å². The number of anilines is 2. The maximum Gasteiger partial charge on any atom is 0.232 e. The van der Waals surface area contributed by atoms with E-state index in [4.69, 9.17) is 0 Å². The number of rotatable bonds is 2. The van der Waals surface area contributed by atoms with Crippen LogP contribution in [0.4, 0.5) is 11.5 Å². The number of hydrogen-bond acceptors (Lipinski definition) is 3. The van der Waals surface area contributed by atoms with Crippen molar-refractivity contribution in [3.05, 3.63) is 53.2 Å². The molecule has 2 aliphatic rings. The molecule has 1 aliphatic heterocycles. The predicted molar refractivity (Wildman–Crippen MR) is 91.8 cm³/mol. The third-order valence-electron chi connectivity index (χ3n) is 5.03. The Hall–Kier alpha value is -2.36. The summed E-state index contributed by atoms with van der Waals surface area (Å²) in [6, 6.07) is 10.4. The fourth-order valence-electron chi connectivity index (χ4n) is 3.40. The van der Waals surface area contributed by atoms with E-state index in [-0.39, 0.29) is 11.8 Å². The number of nitrogens with zero attached hydrogens (tertiary/aromatic N) is 2. The Morgan fingerprint density at radius 2 is 2.13 bits per heavy atom. The minimum absolute atomic E-state index is 0.102. The van der Waals surface area contributed by atoms with Gasteiger partial charge in [0.15, 0.2) is 5.82 Å². The summed E-state index contributed by atoms with van der Waals surface area (Å²) < 4.78 is 0. The van der Waals surface area contributed by atoms with Gasteiger partial charge in [0.1, 0.15) is 0 Å². The molecule has 2 heterocycles. The molecule has 1 aromatic carbocycles. The Kier molecular flexibility index (Phi) is 3.33. The van der Waals surface area contributed by atoms with Crippen LogP contribution < -0.4 is 10.2 Å². The molecule has 1 aliphatic carbocycles. The van der Waals surface area contributed by atoms with Gasteiger partial charge >= 0.3 is 0 Å². The van der Waals surface area contributed by atoms with Gasteiger partial charge < -0.3 is 5.32 Å². The van der Waals surface area contributed by atoms with Crippen LogP contribution >= 0.6 is 0 Å². The van der Waals surface area contributed by atoms with Gasteiger partial charge in [0, 0.05) is 25.2 Å². The van der Waals surface area contributed by atoms with Crippen molar-refractivity contribution in [3.8, 4) is 0 Å². The summed E-state index contributed by atoms with van der Waals surface area (Å²) in [5.74, 6) is 1.46. The molecule has 4 rings (SSSR count). The number of amides is 1. The minimum Gasteiger partial charge on any atom is -0.380 e. The summed E-state index contributed by atoms with van der Waals surface area (Å²) in [4.78, 5) is 19.2. The molecule has 2 atom stereocenters. The van der Waals surface area contributed by atoms with Crippen LogP contribution in [0.2, 0.25) is 0 Å². The Morgan fingerprint density at radius 3 is 2.96 bits per heavy atom. The highest BCUT2D eigenvalue weighted by Crippen LogP contribution is 2.49. The first-order chi connectivity index (χ1) is 11.1. The van der Waals surface area contributed by atoms with Crippen LogP contribution in [0.1, 0.15) is 29.0 Å². The maximum absolute atomic E-state index is 12.9. The number of aryl methyl sites for hydroxylation is 2. The largest absolute Gasteiger partial charge is 0.380 e. The molecule has 1 saturated carbocycles. The van der Waals surface area contributed by atoms with Crippen LogP contribution in [0, 0.1) is 19.8 Å². The van der Waals surface area contributed by atoms with Crippen molar-refractivity contribution in [2.24, 2.45) is 5.92 Å². The Balaban J connectivity index is 1.54. The monoisotopic (exact) mass is 307 g/mol. The lowest BCUT2D eigenvalue weighted by Crippen LogP contribution is -2.40. The SMILES string of the molecule is Cc1ccc(C2CC2C(=O)N2CCNc3cccnc32)cc1C. The highest BCUT2D eigenvalue weighted by atomic mass is 16.2. The van der Waals surface area contributed by atoms with Gasteiger partial charge in [-0.15, -0.1) is 0 Å². The van der Waals surface area contributed by atoms with Crippen LogP contribution in [0.15, 0.2) is 36.5 Å². The zero-order chi connectivity index (χ0) is 16.0. The highest BCUT2D eigenvalue weighted by Gasteiger charge is 2.46. The number of benzene rings is 1. The third kappa shape index (κ3) is 2.48. The molecule has 1 fully saturated rings. The number of aromatic nitrogens is 1. The summed E-state index contributed by atoms with van der Waals surface area (Å²) in [5, 5.41) is 3.31. The highest BCUT2D eigenvalue weighted by molar-refractivity contribution is 5.99. The van der Waals surface area contributed by atoms with E-state index in [9.17, 15) is 4.79 Å². The fourth-order valence-corrected chi connectivity index (χ4v) is 3.40. The van der Waals surface area contributed by atoms with E-state index in [1.54, 1.807) is 6.20 Å². The van der Waals surface area contributed by atoms with Crippen LogP contribution in [0.5, 0.6) is 0 Å². The minimum atomic E-state index is 0.102. The number of carbonyl (C=O) groups is 1. The molecular formula is C19H21N3O. The zero-order valence-electron chi connectivity index (χ0n) is 13.5. The summed E-state index contributed by atoms with van der Waals surface area (Å²) in [7, 11) is 0. The van der Waals surface area contributed by atoms with Gasteiger partial charge in [-0.3, -0.25) is 9.69 Å². The normalized spacial score (nSPS) is 22.3. The van der Waals surface area contributed by atoms with Crippen molar-refractivity contribution in [1.29, 1.82) is 0 Å². The van der Waals surface area contributed by atoms with Crippen LogP contribution in [-0.2, 0) is 4.79 Å². The molecule has 0 radical (unpaired) electrons. The van der Waals surface area contributed by atoms with Crippen LogP contribution in [-0.4, -0.2) is 24.0 Å². The van der Waals surface area contributed by atoms with Gasteiger partial charge in [-0.2, -0.15) is 0 Å². The first kappa shape index (κ1) is 14.2. The van der Waals surface area contributed by atoms with E-state index in [0.29, 0.717) is 12.5 Å². The van der Waals surface area contributed by atoms with Gasteiger partial charge in [0.2, 0.25) is 5.91 Å². The van der Waals surface area contributed by atoms with E-state index < -0.39 is 0 Å². The van der Waals surface area contributed by atoms with Crippen LogP contribution in [0.3, 0.4) is 0 Å². The standard InChI is InChI=1S/C19H21N3O/c1-12-5-6-14(10-13(12)2)15-11-16(15)19(23)22-9-8-20-17-4-3-7-21-18(17)22/h3-7,10,15-16,20H,8-9,11H2,1-2H3. The van der Waals surface area contributed by atoms with E-state index >= 15 is 0 Å². The van der Waals surface area contributed by atoms with Crippen molar-refractivity contribution in [2.45, 2.75) is 26.2 Å². The predicted octanol–water partition coefficient (Wildman–Crippen LogP) is 3.26. The van der Waals surface area contributed by atoms with Gasteiger partial charge in [0.25, 0.3) is 0 Å². The second-order valence-electron chi connectivity index (χ2n) is 6.58. The van der Waals surface area contributed by atoms with Crippen molar-refractivity contribution < 1.29 is 4.79 Å². The summed E-state index contributed by atoms with van der Waals surface area (Å²) in [6.45, 7) is 5.73. The lowest BCUT2D eigenvalue weighted by molar-refractivity contribution is -0.119. The molecule has 1 amide bonds. The van der Waals surface area contributed by atoms with Crippen LogP contribution in [0.25, 0.3) is 0 Å². The summed E-state index contributed by atoms with van der Waals surface area (Å²) >= 11 is 0. The quantitative estimate of drug-likeness (QED) is 0.926. The molecule has 0 bridgehead atoms. The molecule has 23 heavy (non-hydrogen) atoms. The molecule has 0 saturated heterocycles. The Bertz CT molecular complexity index is 771. The average Bonchev–Trinajstić information content (AvgIpc) is 3.37. The van der Waals surface area contributed by atoms with E-state index in [0.717, 1.165) is 24.5 Å². The third-order valence-corrected chi connectivity index (χ3v) is 5.03. The number of nitrogens with one attached hydrogen (secondary N) is 1. The molecule has 2 aromatic rings. The number of pyridine rings is 1. The van der Waals surface area contributed by atoms with Gasteiger partial charge in [-0.25, -0.2) is 4.98 Å². The van der Waals surface area contributed by atoms with Crippen molar-refractivity contribution in [2.75, 3.05) is 23.3 Å². The van der Waals surface area contributed by atoms with Crippen molar-refractivity contribution >= 4 is 17.4 Å². The van der Waals surface area contributed by atoms with Crippen molar-refractivity contribution in [3.63, 3.8) is 0 Å². The number of fused-ring (bicyclic) bond motifs is 1. The molecule has 1 aromatic heterocycles. The molecule has 0 spiro atoms. The fraction of sp³-hybridized carbons (Fsp3) is 0.368. The zero-order valence-corrected chi connectivity index (χ0v) is 13.5. The number of carbonyl (C=O) groups excluding carboxylic acids is 1. The van der Waals surface area contributed by atoms with E-state index in [1.807, 2.05) is 17.0 Å². The topological polar surface area (TPSA) is 45.2 Å². The molecule has 118 valence electrons. The van der Waals surface area contributed by atoms with Gasteiger partial charge in [0.05, 0.1) is 5.69 Å². The second-order valence-corrected chi connectivity index (χ2v) is 6.58. The molecule has 4 nitrogen and oxygen atoms in total. The lowest BCUT2D eigenvalue weighted by atomic mass is 10.0. The molecule has 2 unspecified atom stereocenters. The molecule has 4 heteroatoms. The van der Waals surface area contributed by atoms with E-state index in [2.05, 4.69) is 42.3 Å². The summed E-state index contributed by atoms with van der Waals surface area (Å²) in [6.07, 6.45) is 2.70. The lowest BCUT2D eigenvalue weighted by Gasteiger charge is -2.29. The second kappa shape index (κ2) is 5.37. The summed E-state index contributed by atoms with van der Waals surface area (Å²) in [5.41, 5.74) is 4.85. The maximum atomic E-state index is 12.9. The molecular weight excluding hydrogens is 286 g/mol. The van der Waals surface area contributed by atoms with E-state index in [1.165, 1.54) is 16.7 Å². The smallest absolute Gasteiger partial charge is 0.232 e. The number of hydrogen-bond donors (Lipinski definition) is 1.